The molecule has 9 heavy (non-hydrogen) atoms. The van der Waals surface area contributed by atoms with Gasteiger partial charge < -0.3 is 0 Å². The molecule has 0 fully saturated rings. The van der Waals surface area contributed by atoms with Crippen molar-refractivity contribution in [2.24, 2.45) is 0 Å². The zero-order valence-corrected chi connectivity index (χ0v) is 12.6. The van der Waals surface area contributed by atoms with E-state index in [1.807, 2.05) is 0 Å². The second-order valence-corrected chi connectivity index (χ2v) is 4.42. The third-order valence-electron chi connectivity index (χ3n) is 0. The van der Waals surface area contributed by atoms with Crippen LogP contribution in [0.5, 0.6) is 0 Å². The van der Waals surface area contributed by atoms with Gasteiger partial charge in [0.05, 0.1) is 0 Å². The molecule has 48 valence electrons. The Bertz CT molecular complexity index is 69.6. The molecule has 0 aromatic rings. The van der Waals surface area contributed by atoms with Crippen molar-refractivity contribution >= 4 is 0 Å². The fourth-order valence-electron chi connectivity index (χ4n) is 0. The number of hydrogen-bond donors (Lipinski definition) is 0. The van der Waals surface area contributed by atoms with E-state index in [1.54, 1.807) is 0 Å². The van der Waals surface area contributed by atoms with Gasteiger partial charge in [0.25, 0.3) is 0 Å². The molecule has 0 rings (SSSR count). The van der Waals surface area contributed by atoms with Crippen LogP contribution in [0.15, 0.2) is 0 Å². The molecule has 0 aromatic carbocycles. The summed E-state index contributed by atoms with van der Waals surface area (Å²) < 4.78 is 59.5. The third-order valence-corrected chi connectivity index (χ3v) is 0. The molecule has 0 aromatic heterocycles. The van der Waals surface area contributed by atoms with Crippen molar-refractivity contribution in [1.29, 1.82) is 0 Å². The molecule has 0 N–H and O–H groups in total. The maximum absolute atomic E-state index is 11.2. The van der Waals surface area contributed by atoms with Crippen molar-refractivity contribution in [2.45, 2.75) is 0 Å². The largest absolute Gasteiger partial charge is 1.00 e. The zero-order valence-electron chi connectivity index (χ0n) is 4.77. The number of halogens is 6. The van der Waals surface area contributed by atoms with Gasteiger partial charge in [-0.25, -0.2) is 0 Å². The number of rotatable bonds is 0. The third kappa shape index (κ3) is 83.2. The van der Waals surface area contributed by atoms with Crippen LogP contribution in [-0.4, -0.2) is 0 Å². The smallest absolute Gasteiger partial charge is 1.00 e. The predicted octanol–water partition coefficient (Wildman–Crippen LogP) is -3.47. The molecule has 0 saturated heterocycles. The fraction of sp³-hybridized carbons (Fsp3) is 0. The van der Waals surface area contributed by atoms with Crippen LogP contribution in [-0.2, 0) is 17.2 Å². The Labute approximate surface area is 134 Å². The van der Waals surface area contributed by atoms with E-state index < -0.39 is 17.2 Å². The summed E-state index contributed by atoms with van der Waals surface area (Å²) in [6.45, 7) is 0. The molecule has 0 unspecified atom stereocenters. The molecule has 0 bridgehead atoms. The van der Waals surface area contributed by atoms with Gasteiger partial charge in [-0.05, 0) is 0 Å². The fourth-order valence-corrected chi connectivity index (χ4v) is 0. The van der Waals surface area contributed by atoms with Crippen molar-refractivity contribution in [1.82, 2.24) is 0 Å². The Morgan fingerprint density at radius 3 is 0.556 bits per heavy atom. The molecule has 0 aliphatic heterocycles. The van der Waals surface area contributed by atoms with Crippen molar-refractivity contribution in [3.8, 4) is 0 Å². The van der Waals surface area contributed by atoms with Gasteiger partial charge in [0.2, 0.25) is 0 Å². The van der Waals surface area contributed by atoms with E-state index in [0.29, 0.717) is 0 Å². The minimum Gasteiger partial charge on any atom is 1.00 e. The first kappa shape index (κ1) is 18.4. The minimum atomic E-state index is -11.2. The second-order valence-electron chi connectivity index (χ2n) is 1.07. The molecule has 0 radical (unpaired) electrons. The molecule has 0 saturated carbocycles. The van der Waals surface area contributed by atoms with Crippen molar-refractivity contribution < 1.29 is 139 Å². The van der Waals surface area contributed by atoms with E-state index in [4.69, 9.17) is 0 Å². The van der Waals surface area contributed by atoms with Gasteiger partial charge in [0.1, 0.15) is 0 Å². The summed E-state index contributed by atoms with van der Waals surface area (Å²) in [7, 11) is 0. The van der Waals surface area contributed by atoms with Gasteiger partial charge >= 0.3 is 139 Å². The molecule has 0 heterocycles. The molecular formula is F6K2Ti. The standard InChI is InChI=1S/6FH.2K.Ti/h6*1H;;;/q;;;;;;2*+1;+4/p-6. The van der Waals surface area contributed by atoms with Gasteiger partial charge in [0.15, 0.2) is 0 Å². The number of hydrogen-bond acceptors (Lipinski definition) is 0. The van der Waals surface area contributed by atoms with Crippen molar-refractivity contribution in [3.05, 3.63) is 0 Å². The molecule has 0 aliphatic rings. The van der Waals surface area contributed by atoms with Crippen molar-refractivity contribution in [3.63, 3.8) is 0 Å². The van der Waals surface area contributed by atoms with Crippen molar-refractivity contribution in [2.75, 3.05) is 0 Å². The van der Waals surface area contributed by atoms with Crippen LogP contribution in [0.3, 0.4) is 0 Å². The van der Waals surface area contributed by atoms with E-state index in [9.17, 15) is 18.6 Å². The molecular weight excluding hydrogens is 240 g/mol. The Morgan fingerprint density at radius 1 is 0.556 bits per heavy atom. The van der Waals surface area contributed by atoms with Gasteiger partial charge in [-0.3, -0.25) is 0 Å². The van der Waals surface area contributed by atoms with Crippen LogP contribution >= 0.6 is 0 Å². The summed E-state index contributed by atoms with van der Waals surface area (Å²) in [5, 5.41) is 0. The quantitative estimate of drug-likeness (QED) is 0.305. The first-order valence-electron chi connectivity index (χ1n) is 1.13. The molecule has 0 nitrogen and oxygen atoms in total. The Hall–Kier alpha value is 3.57. The topological polar surface area (TPSA) is 0 Å². The summed E-state index contributed by atoms with van der Waals surface area (Å²) in [4.78, 5) is 0. The predicted molar refractivity (Wildman–Crippen MR) is 6.65 cm³/mol. The van der Waals surface area contributed by atoms with Gasteiger partial charge in [-0.1, -0.05) is 0 Å². The second kappa shape index (κ2) is 3.75. The van der Waals surface area contributed by atoms with E-state index in [0.717, 1.165) is 0 Å². The summed E-state index contributed by atoms with van der Waals surface area (Å²) in [5.74, 6) is 0. The maximum Gasteiger partial charge on any atom is 1.00 e. The first-order chi connectivity index (χ1) is 2.45. The van der Waals surface area contributed by atoms with Crippen LogP contribution in [0.2, 0.25) is 0 Å². The van der Waals surface area contributed by atoms with Crippen LogP contribution < -0.4 is 103 Å². The average Bonchev–Trinajstić information content (AvgIpc) is 0.592. The van der Waals surface area contributed by atoms with E-state index in [2.05, 4.69) is 0 Å². The Kier molecular flexibility index (Phi) is 7.65. The van der Waals surface area contributed by atoms with Gasteiger partial charge in [-0.15, -0.1) is 0 Å². The monoisotopic (exact) mass is 240 g/mol. The molecule has 0 spiro atoms. The Morgan fingerprint density at radius 2 is 0.556 bits per heavy atom. The van der Waals surface area contributed by atoms with E-state index in [-0.39, 0.29) is 103 Å². The van der Waals surface area contributed by atoms with Gasteiger partial charge in [-0.2, -0.15) is 0 Å². The van der Waals surface area contributed by atoms with Crippen LogP contribution in [0.4, 0.5) is 18.6 Å². The summed E-state index contributed by atoms with van der Waals surface area (Å²) in [6.07, 6.45) is 0. The maximum atomic E-state index is 9.92. The van der Waals surface area contributed by atoms with Crippen LogP contribution in [0, 0.1) is 0 Å². The summed E-state index contributed by atoms with van der Waals surface area (Å²) in [6, 6.07) is 0. The zero-order chi connectivity index (χ0) is 6.41. The molecule has 0 atom stereocenters. The first-order valence-corrected chi connectivity index (χ1v) is 4.68. The van der Waals surface area contributed by atoms with E-state index >= 15 is 0 Å². The van der Waals surface area contributed by atoms with E-state index in [1.165, 1.54) is 0 Å². The summed E-state index contributed by atoms with van der Waals surface area (Å²) >= 11 is -11.2. The molecule has 0 amide bonds. The van der Waals surface area contributed by atoms with Gasteiger partial charge in [0, 0.05) is 0 Å². The van der Waals surface area contributed by atoms with Crippen LogP contribution in [0.25, 0.3) is 0 Å². The average molecular weight is 240 g/mol. The minimum absolute atomic E-state index is 0. The van der Waals surface area contributed by atoms with Crippen LogP contribution in [0.1, 0.15) is 0 Å². The summed E-state index contributed by atoms with van der Waals surface area (Å²) in [5.41, 5.74) is 0. The normalized spacial score (nSPS) is 18.0. The Balaban J connectivity index is -0.000000180. The molecule has 0 aliphatic carbocycles. The molecule has 9 heteroatoms. The SMILES string of the molecule is [F][Ti-2]([F])([F])([F])([F])[F].[K+].[K+].